The highest BCUT2D eigenvalue weighted by molar-refractivity contribution is 9.10. The van der Waals surface area contributed by atoms with Crippen molar-refractivity contribution in [3.05, 3.63) is 118 Å². The fourth-order valence-corrected chi connectivity index (χ4v) is 5.21. The Morgan fingerprint density at radius 2 is 1.59 bits per heavy atom. The number of aromatic nitrogens is 1. The first-order chi connectivity index (χ1) is 18.0. The number of nitrogens with zero attached hydrogens (tertiary/aromatic N) is 3. The van der Waals surface area contributed by atoms with Crippen molar-refractivity contribution in [3.8, 4) is 5.69 Å². The van der Waals surface area contributed by atoms with Crippen LogP contribution in [0.3, 0.4) is 0 Å². The van der Waals surface area contributed by atoms with Crippen molar-refractivity contribution < 1.29 is 9.59 Å². The highest BCUT2D eigenvalue weighted by Gasteiger charge is 2.37. The molecule has 0 fully saturated rings. The molecule has 1 atom stereocenters. The molecule has 0 saturated carbocycles. The van der Waals surface area contributed by atoms with Gasteiger partial charge in [-0.15, -0.1) is 0 Å². The predicted octanol–water partition coefficient (Wildman–Crippen LogP) is 6.93. The third kappa shape index (κ3) is 4.98. The third-order valence-corrected chi connectivity index (χ3v) is 7.40. The van der Waals surface area contributed by atoms with Crippen LogP contribution in [0.1, 0.15) is 53.0 Å². The number of rotatable bonds is 7. The van der Waals surface area contributed by atoms with Gasteiger partial charge >= 0.3 is 0 Å². The van der Waals surface area contributed by atoms with Gasteiger partial charge in [-0.3, -0.25) is 14.5 Å². The second-order valence-corrected chi connectivity index (χ2v) is 10.4. The number of carbonyl (C=O) groups excluding carboxylic acids is 2. The number of para-hydroxylation sites is 2. The molecule has 5 rings (SSSR count). The zero-order valence-electron chi connectivity index (χ0n) is 21.1. The molecule has 0 radical (unpaired) electrons. The van der Waals surface area contributed by atoms with Crippen molar-refractivity contribution in [1.29, 1.82) is 0 Å². The molecule has 4 aromatic rings. The van der Waals surface area contributed by atoms with Crippen LogP contribution in [0.4, 0.5) is 5.69 Å². The van der Waals surface area contributed by atoms with Gasteiger partial charge in [-0.05, 0) is 67.4 Å². The lowest BCUT2D eigenvalue weighted by molar-refractivity contribution is -0.119. The average Bonchev–Trinajstić information content (AvgIpc) is 3.41. The molecule has 0 bridgehead atoms. The number of fused-ring (bicyclic) bond motifs is 3. The zero-order chi connectivity index (χ0) is 25.9. The largest absolute Gasteiger partial charge is 0.329 e. The SMILES string of the molecule is CCCCN(CC(=O)N1c2ccccc2-n2cccc2C1c1ccc(C)cc1)C(=O)c1ccc(Br)cc1. The quantitative estimate of drug-likeness (QED) is 0.248. The molecule has 0 aliphatic carbocycles. The molecular formula is C31H30BrN3O2. The van der Waals surface area contributed by atoms with E-state index in [4.69, 9.17) is 0 Å². The monoisotopic (exact) mass is 555 g/mol. The Hall–Kier alpha value is -3.64. The Labute approximate surface area is 226 Å². The molecule has 188 valence electrons. The zero-order valence-corrected chi connectivity index (χ0v) is 22.7. The van der Waals surface area contributed by atoms with Gasteiger partial charge in [0.2, 0.25) is 5.91 Å². The number of benzene rings is 3. The van der Waals surface area contributed by atoms with Crippen LogP contribution in [0.25, 0.3) is 5.69 Å². The van der Waals surface area contributed by atoms with Crippen LogP contribution in [-0.2, 0) is 4.79 Å². The summed E-state index contributed by atoms with van der Waals surface area (Å²) in [6.45, 7) is 4.68. The highest BCUT2D eigenvalue weighted by Crippen LogP contribution is 2.42. The molecule has 0 N–H and O–H groups in total. The van der Waals surface area contributed by atoms with Gasteiger partial charge in [0.1, 0.15) is 12.6 Å². The number of anilines is 1. The molecule has 3 aromatic carbocycles. The molecule has 5 nitrogen and oxygen atoms in total. The number of hydrogen-bond donors (Lipinski definition) is 0. The lowest BCUT2D eigenvalue weighted by Crippen LogP contribution is -2.47. The first-order valence-corrected chi connectivity index (χ1v) is 13.5. The van der Waals surface area contributed by atoms with Gasteiger partial charge in [0, 0.05) is 22.8 Å². The van der Waals surface area contributed by atoms with Crippen molar-refractivity contribution in [2.45, 2.75) is 32.7 Å². The van der Waals surface area contributed by atoms with E-state index >= 15 is 0 Å². The van der Waals surface area contributed by atoms with Crippen molar-refractivity contribution >= 4 is 33.4 Å². The first kappa shape index (κ1) is 25.0. The van der Waals surface area contributed by atoms with Crippen LogP contribution in [-0.4, -0.2) is 34.4 Å². The summed E-state index contributed by atoms with van der Waals surface area (Å²) in [6, 6.07) is 27.4. The summed E-state index contributed by atoms with van der Waals surface area (Å²) in [5, 5.41) is 0. The minimum Gasteiger partial charge on any atom is -0.329 e. The molecular weight excluding hydrogens is 526 g/mol. The summed E-state index contributed by atoms with van der Waals surface area (Å²) in [4.78, 5) is 31.3. The smallest absolute Gasteiger partial charge is 0.254 e. The van der Waals surface area contributed by atoms with Crippen LogP contribution in [0.2, 0.25) is 0 Å². The Balaban J connectivity index is 1.55. The second-order valence-electron chi connectivity index (χ2n) is 9.46. The lowest BCUT2D eigenvalue weighted by atomic mass is 9.97. The standard InChI is InChI=1S/C31H30BrN3O2/c1-3-4-19-33(31(37)24-15-17-25(32)18-16-24)21-29(36)35-27-9-6-5-8-26(27)34-20-7-10-28(34)30(35)23-13-11-22(2)12-14-23/h5-18,20,30H,3-4,19,21H2,1-2H3. The van der Waals surface area contributed by atoms with Crippen molar-refractivity contribution in [3.63, 3.8) is 0 Å². The van der Waals surface area contributed by atoms with E-state index in [0.717, 1.165) is 39.9 Å². The highest BCUT2D eigenvalue weighted by atomic mass is 79.9. The van der Waals surface area contributed by atoms with Crippen LogP contribution >= 0.6 is 15.9 Å². The summed E-state index contributed by atoms with van der Waals surface area (Å²) >= 11 is 3.44. The minimum absolute atomic E-state index is 0.00625. The molecule has 2 amide bonds. The third-order valence-electron chi connectivity index (χ3n) is 6.87. The fourth-order valence-electron chi connectivity index (χ4n) is 4.94. The fraction of sp³-hybridized carbons (Fsp3) is 0.226. The van der Waals surface area contributed by atoms with E-state index in [1.165, 1.54) is 5.56 Å². The van der Waals surface area contributed by atoms with Crippen molar-refractivity contribution in [2.24, 2.45) is 0 Å². The second kappa shape index (κ2) is 10.8. The van der Waals surface area contributed by atoms with Crippen LogP contribution in [0.15, 0.2) is 95.6 Å². The van der Waals surface area contributed by atoms with Crippen LogP contribution in [0.5, 0.6) is 0 Å². The van der Waals surface area contributed by atoms with E-state index in [1.54, 1.807) is 17.0 Å². The minimum atomic E-state index is -0.297. The molecule has 1 unspecified atom stereocenters. The predicted molar refractivity (Wildman–Crippen MR) is 151 cm³/mol. The molecule has 2 heterocycles. The van der Waals surface area contributed by atoms with Gasteiger partial charge in [0.05, 0.1) is 17.1 Å². The summed E-state index contributed by atoms with van der Waals surface area (Å²) in [7, 11) is 0. The maximum atomic E-state index is 14.2. The maximum Gasteiger partial charge on any atom is 0.254 e. The summed E-state index contributed by atoms with van der Waals surface area (Å²) in [6.07, 6.45) is 3.81. The molecule has 0 saturated heterocycles. The van der Waals surface area contributed by atoms with Crippen molar-refractivity contribution in [2.75, 3.05) is 18.0 Å². The maximum absolute atomic E-state index is 14.2. The van der Waals surface area contributed by atoms with Crippen LogP contribution < -0.4 is 4.90 Å². The summed E-state index contributed by atoms with van der Waals surface area (Å²) in [5.74, 6) is -0.234. The number of hydrogen-bond acceptors (Lipinski definition) is 2. The Morgan fingerprint density at radius 3 is 2.30 bits per heavy atom. The van der Waals surface area contributed by atoms with Gasteiger partial charge in [-0.2, -0.15) is 0 Å². The van der Waals surface area contributed by atoms with Gasteiger partial charge in [-0.25, -0.2) is 0 Å². The number of carbonyl (C=O) groups is 2. The number of amides is 2. The van der Waals surface area contributed by atoms with E-state index in [0.29, 0.717) is 12.1 Å². The normalized spacial score (nSPS) is 14.1. The topological polar surface area (TPSA) is 45.6 Å². The lowest BCUT2D eigenvalue weighted by Gasteiger charge is -2.39. The Kier molecular flexibility index (Phi) is 7.28. The molecule has 1 aromatic heterocycles. The first-order valence-electron chi connectivity index (χ1n) is 12.7. The number of unbranched alkanes of at least 4 members (excludes halogenated alkanes) is 1. The Bertz CT molecular complexity index is 1410. The molecule has 6 heteroatoms. The number of halogens is 1. The molecule has 37 heavy (non-hydrogen) atoms. The number of aryl methyl sites for hydroxylation is 1. The van der Waals surface area contributed by atoms with E-state index in [1.807, 2.05) is 53.6 Å². The molecule has 1 aliphatic heterocycles. The van der Waals surface area contributed by atoms with E-state index in [9.17, 15) is 9.59 Å². The Morgan fingerprint density at radius 1 is 0.892 bits per heavy atom. The van der Waals surface area contributed by atoms with Gasteiger partial charge < -0.3 is 9.47 Å². The summed E-state index contributed by atoms with van der Waals surface area (Å²) in [5.41, 5.74) is 5.60. The van der Waals surface area contributed by atoms with Crippen LogP contribution in [0, 0.1) is 6.92 Å². The van der Waals surface area contributed by atoms with Gasteiger partial charge in [0.25, 0.3) is 5.91 Å². The van der Waals surface area contributed by atoms with E-state index < -0.39 is 0 Å². The average molecular weight is 557 g/mol. The van der Waals surface area contributed by atoms with Gasteiger partial charge in [-0.1, -0.05) is 71.2 Å². The van der Waals surface area contributed by atoms with E-state index in [-0.39, 0.29) is 24.4 Å². The summed E-state index contributed by atoms with van der Waals surface area (Å²) < 4.78 is 3.07. The van der Waals surface area contributed by atoms with Gasteiger partial charge in [0.15, 0.2) is 0 Å². The van der Waals surface area contributed by atoms with E-state index in [2.05, 4.69) is 64.7 Å². The molecule has 0 spiro atoms. The molecule has 1 aliphatic rings. The van der Waals surface area contributed by atoms with Crippen molar-refractivity contribution in [1.82, 2.24) is 9.47 Å².